The molecule has 1 heterocycles. The second kappa shape index (κ2) is 6.56. The minimum absolute atomic E-state index is 0.272. The van der Waals surface area contributed by atoms with Gasteiger partial charge in [0.1, 0.15) is 11.5 Å². The molecule has 2 atom stereocenters. The van der Waals surface area contributed by atoms with Crippen LogP contribution in [-0.2, 0) is 0 Å². The maximum Gasteiger partial charge on any atom is 0.221 e. The van der Waals surface area contributed by atoms with Crippen LogP contribution >= 0.6 is 11.6 Å². The second-order valence-corrected chi connectivity index (χ2v) is 6.34. The van der Waals surface area contributed by atoms with Gasteiger partial charge in [0.15, 0.2) is 0 Å². The molecule has 0 aliphatic heterocycles. The molecule has 1 aromatic heterocycles. The molecule has 0 bridgehead atoms. The van der Waals surface area contributed by atoms with E-state index < -0.39 is 0 Å². The van der Waals surface area contributed by atoms with Gasteiger partial charge in [-0.3, -0.25) is 0 Å². The minimum Gasteiger partial charge on any atom is -0.477 e. The van der Waals surface area contributed by atoms with Gasteiger partial charge in [-0.1, -0.05) is 45.2 Å². The monoisotopic (exact) mass is 282 g/mol. The molecule has 3 nitrogen and oxygen atoms in total. The quantitative estimate of drug-likeness (QED) is 0.765. The summed E-state index contributed by atoms with van der Waals surface area (Å²) in [4.78, 5) is 8.29. The summed E-state index contributed by atoms with van der Waals surface area (Å²) >= 11 is 6.14. The van der Waals surface area contributed by atoms with E-state index in [0.717, 1.165) is 18.1 Å². The highest BCUT2D eigenvalue weighted by atomic mass is 35.5. The minimum atomic E-state index is 0.272. The van der Waals surface area contributed by atoms with Crippen molar-refractivity contribution in [2.24, 2.45) is 11.8 Å². The van der Waals surface area contributed by atoms with Gasteiger partial charge in [-0.25, -0.2) is 9.97 Å². The van der Waals surface area contributed by atoms with E-state index in [0.29, 0.717) is 17.0 Å². The zero-order valence-corrected chi connectivity index (χ0v) is 12.8. The summed E-state index contributed by atoms with van der Waals surface area (Å²) in [5.41, 5.74) is 0.924. The Morgan fingerprint density at radius 2 is 2.16 bits per heavy atom. The molecule has 0 radical (unpaired) electrons. The van der Waals surface area contributed by atoms with Crippen LogP contribution in [0.4, 0.5) is 0 Å². The Bertz CT molecular complexity index is 423. The fraction of sp³-hybridized carbons (Fsp3) is 0.733. The molecule has 2 unspecified atom stereocenters. The Balaban J connectivity index is 2.01. The van der Waals surface area contributed by atoms with Crippen molar-refractivity contribution in [3.63, 3.8) is 0 Å². The third kappa shape index (κ3) is 3.82. The zero-order chi connectivity index (χ0) is 13.8. The average molecular weight is 283 g/mol. The zero-order valence-electron chi connectivity index (χ0n) is 12.0. The number of halogens is 1. The molecular formula is C15H23ClN2O. The van der Waals surface area contributed by atoms with Crippen LogP contribution < -0.4 is 4.74 Å². The number of aromatic nitrogens is 2. The van der Waals surface area contributed by atoms with E-state index in [-0.39, 0.29) is 5.92 Å². The predicted octanol–water partition coefficient (Wildman–Crippen LogP) is 4.46. The summed E-state index contributed by atoms with van der Waals surface area (Å²) in [7, 11) is 0. The number of rotatable bonds is 4. The molecule has 0 spiro atoms. The largest absolute Gasteiger partial charge is 0.477 e. The lowest BCUT2D eigenvalue weighted by atomic mass is 9.83. The molecule has 1 saturated carbocycles. The number of nitrogens with zero attached hydrogens (tertiary/aromatic N) is 2. The van der Waals surface area contributed by atoms with Gasteiger partial charge in [0.05, 0.1) is 12.2 Å². The molecule has 1 aliphatic carbocycles. The van der Waals surface area contributed by atoms with Gasteiger partial charge in [0, 0.05) is 0 Å². The van der Waals surface area contributed by atoms with E-state index in [1.165, 1.54) is 32.0 Å². The van der Waals surface area contributed by atoms with E-state index in [9.17, 15) is 0 Å². The fourth-order valence-electron chi connectivity index (χ4n) is 2.87. The van der Waals surface area contributed by atoms with E-state index in [4.69, 9.17) is 16.3 Å². The van der Waals surface area contributed by atoms with Gasteiger partial charge in [0.2, 0.25) is 5.88 Å². The lowest BCUT2D eigenvalue weighted by Gasteiger charge is -2.26. The molecule has 1 fully saturated rings. The molecule has 2 rings (SSSR count). The van der Waals surface area contributed by atoms with Crippen molar-refractivity contribution in [1.82, 2.24) is 9.97 Å². The van der Waals surface area contributed by atoms with Gasteiger partial charge in [0.25, 0.3) is 0 Å². The average Bonchev–Trinajstić information content (AvgIpc) is 2.36. The van der Waals surface area contributed by atoms with E-state index in [2.05, 4.69) is 30.7 Å². The van der Waals surface area contributed by atoms with Crippen LogP contribution in [0.5, 0.6) is 5.88 Å². The highest BCUT2D eigenvalue weighted by Crippen LogP contribution is 2.32. The molecule has 0 saturated heterocycles. The van der Waals surface area contributed by atoms with Crippen LogP contribution in [0, 0.1) is 11.8 Å². The molecular weight excluding hydrogens is 260 g/mol. The molecule has 1 aromatic rings. The van der Waals surface area contributed by atoms with Crippen molar-refractivity contribution in [2.45, 2.75) is 52.4 Å². The summed E-state index contributed by atoms with van der Waals surface area (Å²) in [6.07, 6.45) is 6.67. The van der Waals surface area contributed by atoms with Crippen molar-refractivity contribution in [3.05, 3.63) is 17.0 Å². The normalized spacial score (nSPS) is 23.6. The second-order valence-electron chi connectivity index (χ2n) is 5.99. The van der Waals surface area contributed by atoms with Crippen molar-refractivity contribution in [2.75, 3.05) is 6.61 Å². The van der Waals surface area contributed by atoms with Crippen molar-refractivity contribution < 1.29 is 4.74 Å². The summed E-state index contributed by atoms with van der Waals surface area (Å²) in [6.45, 7) is 7.24. The first-order chi connectivity index (χ1) is 9.08. The van der Waals surface area contributed by atoms with Gasteiger partial charge in [-0.2, -0.15) is 0 Å². The molecule has 0 aromatic carbocycles. The van der Waals surface area contributed by atoms with E-state index >= 15 is 0 Å². The van der Waals surface area contributed by atoms with E-state index in [1.807, 2.05) is 0 Å². The standard InChI is InChI=1S/C15H23ClN2O/c1-10(2)13-14(16)17-9-18-15(13)19-8-12-6-4-5-11(3)7-12/h9-12H,4-8H2,1-3H3. The van der Waals surface area contributed by atoms with Crippen LogP contribution in [-0.4, -0.2) is 16.6 Å². The van der Waals surface area contributed by atoms with Crippen LogP contribution in [0.1, 0.15) is 57.9 Å². The Hall–Kier alpha value is -0.830. The molecule has 19 heavy (non-hydrogen) atoms. The molecule has 0 N–H and O–H groups in total. The highest BCUT2D eigenvalue weighted by molar-refractivity contribution is 6.30. The van der Waals surface area contributed by atoms with Gasteiger partial charge in [-0.05, 0) is 30.6 Å². The summed E-state index contributed by atoms with van der Waals surface area (Å²) in [5, 5.41) is 0.511. The number of hydrogen-bond donors (Lipinski definition) is 0. The fourth-order valence-corrected chi connectivity index (χ4v) is 3.21. The summed E-state index contributed by atoms with van der Waals surface area (Å²) < 4.78 is 5.93. The Kier molecular flexibility index (Phi) is 5.03. The third-order valence-electron chi connectivity index (χ3n) is 3.88. The molecule has 106 valence electrons. The highest BCUT2D eigenvalue weighted by Gasteiger charge is 2.21. The van der Waals surface area contributed by atoms with Gasteiger partial charge >= 0.3 is 0 Å². The SMILES string of the molecule is CC1CCCC(COc2ncnc(Cl)c2C(C)C)C1. The molecule has 1 aliphatic rings. The van der Waals surface area contributed by atoms with Gasteiger partial charge in [-0.15, -0.1) is 0 Å². The van der Waals surface area contributed by atoms with Gasteiger partial charge < -0.3 is 4.74 Å². The summed E-state index contributed by atoms with van der Waals surface area (Å²) in [5.74, 6) is 2.40. The molecule has 4 heteroatoms. The topological polar surface area (TPSA) is 35.0 Å². The first-order valence-corrected chi connectivity index (χ1v) is 7.59. The first-order valence-electron chi connectivity index (χ1n) is 7.21. The first kappa shape index (κ1) is 14.6. The van der Waals surface area contributed by atoms with Crippen molar-refractivity contribution in [1.29, 1.82) is 0 Å². The van der Waals surface area contributed by atoms with E-state index in [1.54, 1.807) is 0 Å². The van der Waals surface area contributed by atoms with Crippen LogP contribution in [0.2, 0.25) is 5.15 Å². The maximum atomic E-state index is 6.14. The Morgan fingerprint density at radius 1 is 1.37 bits per heavy atom. The number of hydrogen-bond acceptors (Lipinski definition) is 3. The van der Waals surface area contributed by atoms with Crippen LogP contribution in [0.15, 0.2) is 6.33 Å². The maximum absolute atomic E-state index is 6.14. The number of ether oxygens (including phenoxy) is 1. The Labute approximate surface area is 120 Å². The lowest BCUT2D eigenvalue weighted by molar-refractivity contribution is 0.176. The Morgan fingerprint density at radius 3 is 2.84 bits per heavy atom. The van der Waals surface area contributed by atoms with Crippen molar-refractivity contribution >= 4 is 11.6 Å². The van der Waals surface area contributed by atoms with Crippen molar-refractivity contribution in [3.8, 4) is 5.88 Å². The summed E-state index contributed by atoms with van der Waals surface area (Å²) in [6, 6.07) is 0. The van der Waals surface area contributed by atoms with Crippen LogP contribution in [0.3, 0.4) is 0 Å². The third-order valence-corrected chi connectivity index (χ3v) is 4.18. The predicted molar refractivity (Wildman–Crippen MR) is 77.7 cm³/mol. The smallest absolute Gasteiger partial charge is 0.221 e. The van der Waals surface area contributed by atoms with Crippen LogP contribution in [0.25, 0.3) is 0 Å². The lowest BCUT2D eigenvalue weighted by Crippen LogP contribution is -2.20. The molecule has 0 amide bonds.